The molecule has 2 heterocycles. The second kappa shape index (κ2) is 5.68. The van der Waals surface area contributed by atoms with Crippen molar-refractivity contribution in [3.05, 3.63) is 47.7 Å². The van der Waals surface area contributed by atoms with Gasteiger partial charge in [-0.25, -0.2) is 14.4 Å². The lowest BCUT2D eigenvalue weighted by Gasteiger charge is -2.37. The van der Waals surface area contributed by atoms with Crippen LogP contribution >= 0.6 is 0 Å². The minimum absolute atomic E-state index is 0.190. The zero-order chi connectivity index (χ0) is 14.8. The molecular formula is C16H19FN4. The molecule has 5 heteroatoms. The lowest BCUT2D eigenvalue weighted by atomic mass is 10.2. The molecule has 4 nitrogen and oxygen atoms in total. The molecule has 110 valence electrons. The molecular weight excluding hydrogens is 267 g/mol. The van der Waals surface area contributed by atoms with Crippen LogP contribution in [0.25, 0.3) is 0 Å². The van der Waals surface area contributed by atoms with Crippen LogP contribution in [0.5, 0.6) is 0 Å². The van der Waals surface area contributed by atoms with E-state index in [-0.39, 0.29) is 5.82 Å². The monoisotopic (exact) mass is 286 g/mol. The number of nitrogens with zero attached hydrogens (tertiary/aromatic N) is 4. The van der Waals surface area contributed by atoms with Gasteiger partial charge in [-0.1, -0.05) is 0 Å². The number of piperazine rings is 1. The first-order valence-electron chi connectivity index (χ1n) is 7.19. The van der Waals surface area contributed by atoms with Crippen LogP contribution in [-0.4, -0.2) is 36.1 Å². The van der Waals surface area contributed by atoms with Gasteiger partial charge >= 0.3 is 0 Å². The van der Waals surface area contributed by atoms with E-state index in [0.717, 1.165) is 48.9 Å². The van der Waals surface area contributed by atoms with Crippen molar-refractivity contribution >= 4 is 11.5 Å². The molecule has 3 rings (SSSR count). The summed E-state index contributed by atoms with van der Waals surface area (Å²) in [6, 6.07) is 6.70. The predicted molar refractivity (Wildman–Crippen MR) is 82.3 cm³/mol. The molecule has 1 aliphatic heterocycles. The maximum atomic E-state index is 13.0. The quantitative estimate of drug-likeness (QED) is 0.849. The third kappa shape index (κ3) is 2.82. The van der Waals surface area contributed by atoms with Crippen LogP contribution in [0.1, 0.15) is 11.3 Å². The Morgan fingerprint density at radius 2 is 1.52 bits per heavy atom. The SMILES string of the molecule is Cc1ncnc(N2CCN(c3ccc(F)cc3)CC2)c1C. The first-order chi connectivity index (χ1) is 10.1. The van der Waals surface area contributed by atoms with Gasteiger partial charge in [-0.15, -0.1) is 0 Å². The third-order valence-corrected chi connectivity index (χ3v) is 4.08. The van der Waals surface area contributed by atoms with E-state index in [9.17, 15) is 4.39 Å². The van der Waals surface area contributed by atoms with Crippen molar-refractivity contribution in [3.8, 4) is 0 Å². The number of halogens is 1. The Morgan fingerprint density at radius 3 is 2.19 bits per heavy atom. The molecule has 0 amide bonds. The number of rotatable bonds is 2. The summed E-state index contributed by atoms with van der Waals surface area (Å²) in [6.45, 7) is 7.72. The van der Waals surface area contributed by atoms with Gasteiger partial charge in [0, 0.05) is 43.1 Å². The minimum atomic E-state index is -0.190. The minimum Gasteiger partial charge on any atom is -0.368 e. The first kappa shape index (κ1) is 13.8. The van der Waals surface area contributed by atoms with Crippen LogP contribution in [0.3, 0.4) is 0 Å². The second-order valence-corrected chi connectivity index (χ2v) is 5.36. The highest BCUT2D eigenvalue weighted by molar-refractivity contribution is 5.52. The molecule has 1 saturated heterocycles. The number of aromatic nitrogens is 2. The summed E-state index contributed by atoms with van der Waals surface area (Å²) in [6.07, 6.45) is 1.63. The summed E-state index contributed by atoms with van der Waals surface area (Å²) in [4.78, 5) is 13.2. The molecule has 1 aliphatic rings. The Balaban J connectivity index is 1.70. The largest absolute Gasteiger partial charge is 0.368 e. The van der Waals surface area contributed by atoms with E-state index < -0.39 is 0 Å². The smallest absolute Gasteiger partial charge is 0.135 e. The van der Waals surface area contributed by atoms with E-state index in [0.29, 0.717) is 0 Å². The molecule has 0 atom stereocenters. The Morgan fingerprint density at radius 1 is 0.905 bits per heavy atom. The number of anilines is 2. The van der Waals surface area contributed by atoms with E-state index in [1.165, 1.54) is 12.1 Å². The van der Waals surface area contributed by atoms with Crippen molar-refractivity contribution < 1.29 is 4.39 Å². The van der Waals surface area contributed by atoms with Gasteiger partial charge in [-0.05, 0) is 38.1 Å². The summed E-state index contributed by atoms with van der Waals surface area (Å²) in [5.41, 5.74) is 3.25. The van der Waals surface area contributed by atoms with Gasteiger partial charge in [0.15, 0.2) is 0 Å². The van der Waals surface area contributed by atoms with Crippen molar-refractivity contribution in [2.45, 2.75) is 13.8 Å². The fraction of sp³-hybridized carbons (Fsp3) is 0.375. The van der Waals surface area contributed by atoms with Gasteiger partial charge in [0.1, 0.15) is 18.0 Å². The van der Waals surface area contributed by atoms with Crippen LogP contribution in [0.4, 0.5) is 15.9 Å². The van der Waals surface area contributed by atoms with Gasteiger partial charge in [-0.2, -0.15) is 0 Å². The zero-order valence-corrected chi connectivity index (χ0v) is 12.4. The fourth-order valence-electron chi connectivity index (χ4n) is 2.67. The molecule has 0 spiro atoms. The van der Waals surface area contributed by atoms with E-state index in [2.05, 4.69) is 26.7 Å². The summed E-state index contributed by atoms with van der Waals surface area (Å²) in [5.74, 6) is 0.839. The normalized spacial score (nSPS) is 15.4. The summed E-state index contributed by atoms with van der Waals surface area (Å²) in [5, 5.41) is 0. The Labute approximate surface area is 124 Å². The molecule has 1 fully saturated rings. The maximum Gasteiger partial charge on any atom is 0.135 e. The molecule has 1 aromatic heterocycles. The van der Waals surface area contributed by atoms with Crippen LogP contribution in [0.15, 0.2) is 30.6 Å². The average Bonchev–Trinajstić information content (AvgIpc) is 2.51. The van der Waals surface area contributed by atoms with E-state index >= 15 is 0 Å². The third-order valence-electron chi connectivity index (χ3n) is 4.08. The van der Waals surface area contributed by atoms with Crippen LogP contribution in [0, 0.1) is 19.7 Å². The molecule has 0 saturated carbocycles. The van der Waals surface area contributed by atoms with Crippen LogP contribution < -0.4 is 9.80 Å². The molecule has 0 N–H and O–H groups in total. The van der Waals surface area contributed by atoms with Gasteiger partial charge in [0.05, 0.1) is 0 Å². The summed E-state index contributed by atoms with van der Waals surface area (Å²) < 4.78 is 13.0. The van der Waals surface area contributed by atoms with E-state index in [4.69, 9.17) is 0 Å². The Hall–Kier alpha value is -2.17. The summed E-state index contributed by atoms with van der Waals surface area (Å²) >= 11 is 0. The van der Waals surface area contributed by atoms with Crippen molar-refractivity contribution in [1.82, 2.24) is 9.97 Å². The van der Waals surface area contributed by atoms with Crippen molar-refractivity contribution in [2.75, 3.05) is 36.0 Å². The highest BCUT2D eigenvalue weighted by Gasteiger charge is 2.20. The fourth-order valence-corrected chi connectivity index (χ4v) is 2.67. The van der Waals surface area contributed by atoms with Crippen LogP contribution in [0.2, 0.25) is 0 Å². The number of hydrogen-bond acceptors (Lipinski definition) is 4. The Kier molecular flexibility index (Phi) is 3.73. The van der Waals surface area contributed by atoms with Gasteiger partial charge in [0.25, 0.3) is 0 Å². The predicted octanol–water partition coefficient (Wildman–Crippen LogP) is 2.56. The van der Waals surface area contributed by atoms with Crippen molar-refractivity contribution in [2.24, 2.45) is 0 Å². The molecule has 1 aromatic carbocycles. The Bertz CT molecular complexity index is 619. The lowest BCUT2D eigenvalue weighted by Crippen LogP contribution is -2.47. The molecule has 0 bridgehead atoms. The maximum absolute atomic E-state index is 13.0. The first-order valence-corrected chi connectivity index (χ1v) is 7.19. The average molecular weight is 286 g/mol. The van der Waals surface area contributed by atoms with Crippen LogP contribution in [-0.2, 0) is 0 Å². The highest BCUT2D eigenvalue weighted by Crippen LogP contribution is 2.22. The topological polar surface area (TPSA) is 32.3 Å². The molecule has 0 unspecified atom stereocenters. The van der Waals surface area contributed by atoms with Crippen molar-refractivity contribution in [1.29, 1.82) is 0 Å². The van der Waals surface area contributed by atoms with Gasteiger partial charge in [-0.3, -0.25) is 0 Å². The van der Waals surface area contributed by atoms with Gasteiger partial charge < -0.3 is 9.80 Å². The number of aryl methyl sites for hydroxylation is 1. The summed E-state index contributed by atoms with van der Waals surface area (Å²) in [7, 11) is 0. The number of hydrogen-bond donors (Lipinski definition) is 0. The zero-order valence-electron chi connectivity index (χ0n) is 12.4. The highest BCUT2D eigenvalue weighted by atomic mass is 19.1. The van der Waals surface area contributed by atoms with Gasteiger partial charge in [0.2, 0.25) is 0 Å². The van der Waals surface area contributed by atoms with Crippen molar-refractivity contribution in [3.63, 3.8) is 0 Å². The lowest BCUT2D eigenvalue weighted by molar-refractivity contribution is 0.624. The molecule has 0 radical (unpaired) electrons. The van der Waals surface area contributed by atoms with E-state index in [1.807, 2.05) is 19.1 Å². The standard InChI is InChI=1S/C16H19FN4/c1-12-13(2)18-11-19-16(12)21-9-7-20(8-10-21)15-5-3-14(17)4-6-15/h3-6,11H,7-10H2,1-2H3. The molecule has 21 heavy (non-hydrogen) atoms. The number of benzene rings is 1. The molecule has 0 aliphatic carbocycles. The molecule has 2 aromatic rings. The van der Waals surface area contributed by atoms with E-state index in [1.54, 1.807) is 6.33 Å². The second-order valence-electron chi connectivity index (χ2n) is 5.36.